The summed E-state index contributed by atoms with van der Waals surface area (Å²) in [7, 11) is 0. The Bertz CT molecular complexity index is 916. The zero-order chi connectivity index (χ0) is 18.4. The molecule has 0 saturated heterocycles. The second-order valence-electron chi connectivity index (χ2n) is 6.28. The van der Waals surface area contributed by atoms with E-state index in [4.69, 9.17) is 5.11 Å². The molecule has 3 aromatic rings. The SMILES string of the molecule is O=C(O)CCc1ccc(CCNC(=O)c2ccc3ccccc3c2)cc1. The lowest BCUT2D eigenvalue weighted by molar-refractivity contribution is -0.136. The van der Waals surface area contributed by atoms with Gasteiger partial charge in [0, 0.05) is 18.5 Å². The predicted molar refractivity (Wildman–Crippen MR) is 102 cm³/mol. The van der Waals surface area contributed by atoms with Crippen LogP contribution in [0.15, 0.2) is 66.7 Å². The van der Waals surface area contributed by atoms with Crippen molar-refractivity contribution in [2.24, 2.45) is 0 Å². The van der Waals surface area contributed by atoms with Gasteiger partial charge in [0.15, 0.2) is 0 Å². The van der Waals surface area contributed by atoms with Gasteiger partial charge in [0.2, 0.25) is 0 Å². The molecule has 0 fully saturated rings. The van der Waals surface area contributed by atoms with E-state index in [9.17, 15) is 9.59 Å². The molecule has 0 unspecified atom stereocenters. The fraction of sp³-hybridized carbons (Fsp3) is 0.182. The quantitative estimate of drug-likeness (QED) is 0.683. The molecule has 0 saturated carbocycles. The van der Waals surface area contributed by atoms with Gasteiger partial charge in [-0.3, -0.25) is 9.59 Å². The van der Waals surface area contributed by atoms with Crippen molar-refractivity contribution in [1.29, 1.82) is 0 Å². The lowest BCUT2D eigenvalue weighted by Crippen LogP contribution is -2.25. The molecule has 0 aliphatic heterocycles. The summed E-state index contributed by atoms with van der Waals surface area (Å²) >= 11 is 0. The van der Waals surface area contributed by atoms with Crippen molar-refractivity contribution in [1.82, 2.24) is 5.32 Å². The van der Waals surface area contributed by atoms with Crippen LogP contribution in [-0.2, 0) is 17.6 Å². The molecular formula is C22H21NO3. The zero-order valence-corrected chi connectivity index (χ0v) is 14.4. The fourth-order valence-corrected chi connectivity index (χ4v) is 2.88. The van der Waals surface area contributed by atoms with Crippen LogP contribution in [0.2, 0.25) is 0 Å². The Morgan fingerprint density at radius 3 is 2.15 bits per heavy atom. The Labute approximate surface area is 152 Å². The van der Waals surface area contributed by atoms with Gasteiger partial charge >= 0.3 is 5.97 Å². The summed E-state index contributed by atoms with van der Waals surface area (Å²) in [6.45, 7) is 0.556. The Kier molecular flexibility index (Phi) is 5.64. The highest BCUT2D eigenvalue weighted by Gasteiger charge is 2.06. The number of aliphatic carboxylic acids is 1. The summed E-state index contributed by atoms with van der Waals surface area (Å²) in [5.74, 6) is -0.862. The number of carboxylic acid groups (broad SMARTS) is 1. The van der Waals surface area contributed by atoms with Crippen LogP contribution in [0, 0.1) is 0 Å². The average molecular weight is 347 g/mol. The Hall–Kier alpha value is -3.14. The highest BCUT2D eigenvalue weighted by atomic mass is 16.4. The van der Waals surface area contributed by atoms with Gasteiger partial charge in [-0.15, -0.1) is 0 Å². The molecular weight excluding hydrogens is 326 g/mol. The Balaban J connectivity index is 1.52. The monoisotopic (exact) mass is 347 g/mol. The van der Waals surface area contributed by atoms with E-state index >= 15 is 0 Å². The third-order valence-corrected chi connectivity index (χ3v) is 4.36. The summed E-state index contributed by atoms with van der Waals surface area (Å²) < 4.78 is 0. The maximum absolute atomic E-state index is 12.3. The lowest BCUT2D eigenvalue weighted by atomic mass is 10.1. The number of aryl methyl sites for hydroxylation is 1. The Morgan fingerprint density at radius 2 is 1.46 bits per heavy atom. The Morgan fingerprint density at radius 1 is 0.808 bits per heavy atom. The van der Waals surface area contributed by atoms with Gasteiger partial charge in [0.05, 0.1) is 0 Å². The summed E-state index contributed by atoms with van der Waals surface area (Å²) in [6.07, 6.45) is 1.41. The number of hydrogen-bond acceptors (Lipinski definition) is 2. The first-order valence-electron chi connectivity index (χ1n) is 8.68. The van der Waals surface area contributed by atoms with Crippen molar-refractivity contribution in [2.75, 3.05) is 6.54 Å². The first kappa shape index (κ1) is 17.7. The number of amides is 1. The standard InChI is InChI=1S/C22H21NO3/c24-21(25)12-9-16-5-7-17(8-6-16)13-14-23-22(26)20-11-10-18-3-1-2-4-19(18)15-20/h1-8,10-11,15H,9,12-14H2,(H,23,26)(H,24,25). The van der Waals surface area contributed by atoms with Crippen LogP contribution in [0.4, 0.5) is 0 Å². The number of carbonyl (C=O) groups excluding carboxylic acids is 1. The van der Waals surface area contributed by atoms with Crippen molar-refractivity contribution in [3.63, 3.8) is 0 Å². The molecule has 0 spiro atoms. The molecule has 4 heteroatoms. The van der Waals surface area contributed by atoms with E-state index in [-0.39, 0.29) is 12.3 Å². The molecule has 0 aliphatic carbocycles. The number of benzene rings is 3. The van der Waals surface area contributed by atoms with E-state index < -0.39 is 5.97 Å². The smallest absolute Gasteiger partial charge is 0.303 e. The minimum absolute atomic E-state index is 0.0752. The van der Waals surface area contributed by atoms with E-state index in [1.807, 2.05) is 66.7 Å². The molecule has 0 heterocycles. The van der Waals surface area contributed by atoms with E-state index in [2.05, 4.69) is 5.32 Å². The minimum Gasteiger partial charge on any atom is -0.481 e. The molecule has 0 aromatic heterocycles. The number of hydrogen-bond donors (Lipinski definition) is 2. The van der Waals surface area contributed by atoms with Gasteiger partial charge in [-0.1, -0.05) is 54.6 Å². The van der Waals surface area contributed by atoms with E-state index in [1.165, 1.54) is 0 Å². The van der Waals surface area contributed by atoms with Crippen molar-refractivity contribution in [3.05, 3.63) is 83.4 Å². The van der Waals surface area contributed by atoms with Crippen LogP contribution >= 0.6 is 0 Å². The molecule has 1 amide bonds. The molecule has 0 bridgehead atoms. The molecule has 3 rings (SSSR count). The topological polar surface area (TPSA) is 66.4 Å². The van der Waals surface area contributed by atoms with Gasteiger partial charge in [0.1, 0.15) is 0 Å². The third kappa shape index (κ3) is 4.70. The summed E-state index contributed by atoms with van der Waals surface area (Å²) in [5.41, 5.74) is 2.78. The maximum Gasteiger partial charge on any atom is 0.303 e. The van der Waals surface area contributed by atoms with Crippen LogP contribution in [-0.4, -0.2) is 23.5 Å². The number of nitrogens with one attached hydrogen (secondary N) is 1. The largest absolute Gasteiger partial charge is 0.481 e. The average Bonchev–Trinajstić information content (AvgIpc) is 2.67. The fourth-order valence-electron chi connectivity index (χ4n) is 2.88. The molecule has 0 radical (unpaired) electrons. The van der Waals surface area contributed by atoms with E-state index in [1.54, 1.807) is 0 Å². The first-order chi connectivity index (χ1) is 12.6. The molecule has 2 N–H and O–H groups in total. The number of fused-ring (bicyclic) bond motifs is 1. The van der Waals surface area contributed by atoms with Crippen LogP contribution in [0.1, 0.15) is 27.9 Å². The third-order valence-electron chi connectivity index (χ3n) is 4.36. The van der Waals surface area contributed by atoms with Gasteiger partial charge in [0.25, 0.3) is 5.91 Å². The normalized spacial score (nSPS) is 10.6. The van der Waals surface area contributed by atoms with Crippen molar-refractivity contribution in [2.45, 2.75) is 19.3 Å². The van der Waals surface area contributed by atoms with Crippen LogP contribution in [0.25, 0.3) is 10.8 Å². The number of rotatable bonds is 7. The second kappa shape index (κ2) is 8.30. The van der Waals surface area contributed by atoms with Crippen LogP contribution in [0.5, 0.6) is 0 Å². The summed E-state index contributed by atoms with van der Waals surface area (Å²) in [5, 5.41) is 13.8. The molecule has 4 nitrogen and oxygen atoms in total. The molecule has 26 heavy (non-hydrogen) atoms. The molecule has 132 valence electrons. The number of carboxylic acids is 1. The van der Waals surface area contributed by atoms with Crippen LogP contribution < -0.4 is 5.32 Å². The van der Waals surface area contributed by atoms with Gasteiger partial charge in [-0.2, -0.15) is 0 Å². The van der Waals surface area contributed by atoms with Crippen molar-refractivity contribution in [3.8, 4) is 0 Å². The van der Waals surface area contributed by atoms with Gasteiger partial charge < -0.3 is 10.4 Å². The maximum atomic E-state index is 12.3. The minimum atomic E-state index is -0.787. The highest BCUT2D eigenvalue weighted by molar-refractivity contribution is 5.98. The lowest BCUT2D eigenvalue weighted by Gasteiger charge is -2.07. The second-order valence-corrected chi connectivity index (χ2v) is 6.28. The zero-order valence-electron chi connectivity index (χ0n) is 14.4. The van der Waals surface area contributed by atoms with Gasteiger partial charge in [-0.25, -0.2) is 0 Å². The predicted octanol–water partition coefficient (Wildman–Crippen LogP) is 3.83. The molecule has 3 aromatic carbocycles. The summed E-state index contributed by atoms with van der Waals surface area (Å²) in [4.78, 5) is 22.9. The molecule has 0 aliphatic rings. The first-order valence-corrected chi connectivity index (χ1v) is 8.68. The summed E-state index contributed by atoms with van der Waals surface area (Å²) in [6, 6.07) is 21.5. The molecule has 0 atom stereocenters. The van der Waals surface area contributed by atoms with E-state index in [0.717, 1.165) is 28.3 Å². The van der Waals surface area contributed by atoms with E-state index in [0.29, 0.717) is 18.5 Å². The van der Waals surface area contributed by atoms with Crippen molar-refractivity contribution < 1.29 is 14.7 Å². The van der Waals surface area contributed by atoms with Gasteiger partial charge in [-0.05, 0) is 46.9 Å². The number of carbonyl (C=O) groups is 2. The van der Waals surface area contributed by atoms with Crippen molar-refractivity contribution >= 4 is 22.6 Å². The highest BCUT2D eigenvalue weighted by Crippen LogP contribution is 2.15. The van der Waals surface area contributed by atoms with Crippen LogP contribution in [0.3, 0.4) is 0 Å².